The number of amides is 3. The minimum Gasteiger partial charge on any atom is -0.480 e. The Bertz CT molecular complexity index is 2000. The maximum Gasteiger partial charge on any atom is 0.422 e. The van der Waals surface area contributed by atoms with Crippen molar-refractivity contribution in [1.29, 1.82) is 0 Å². The van der Waals surface area contributed by atoms with Crippen LogP contribution in [0.5, 0.6) is 6.01 Å². The monoisotopic (exact) mass is 762 g/mol. The van der Waals surface area contributed by atoms with Crippen LogP contribution in [0.1, 0.15) is 34.3 Å². The molecule has 3 amide bonds. The fourth-order valence-corrected chi connectivity index (χ4v) is 4.87. The molecule has 1 atom stereocenters. The van der Waals surface area contributed by atoms with Crippen molar-refractivity contribution >= 4 is 52.9 Å². The van der Waals surface area contributed by atoms with Gasteiger partial charge in [-0.1, -0.05) is 29.8 Å². The van der Waals surface area contributed by atoms with Crippen LogP contribution in [0, 0.1) is 11.6 Å². The van der Waals surface area contributed by atoms with Gasteiger partial charge in [-0.15, -0.1) is 0 Å². The number of halogens is 6. The van der Waals surface area contributed by atoms with Gasteiger partial charge in [0.25, 0.3) is 5.91 Å². The number of hydrogen-bond donors (Lipinski definition) is 6. The van der Waals surface area contributed by atoms with E-state index in [1.54, 1.807) is 24.3 Å². The summed E-state index contributed by atoms with van der Waals surface area (Å²) >= 11 is 6.00. The van der Waals surface area contributed by atoms with Crippen LogP contribution >= 0.6 is 11.6 Å². The van der Waals surface area contributed by atoms with Gasteiger partial charge in [-0.3, -0.25) is 14.4 Å². The molecule has 1 saturated carbocycles. The number of benzene rings is 3. The summed E-state index contributed by atoms with van der Waals surface area (Å²) < 4.78 is 70.3. The Kier molecular flexibility index (Phi) is 11.6. The van der Waals surface area contributed by atoms with Crippen LogP contribution in [-0.4, -0.2) is 69.1 Å². The van der Waals surface area contributed by atoms with Gasteiger partial charge in [-0.05, 0) is 60.9 Å². The van der Waals surface area contributed by atoms with Crippen LogP contribution in [0.25, 0.3) is 0 Å². The summed E-state index contributed by atoms with van der Waals surface area (Å²) in [6, 6.07) is 12.7. The molecule has 0 radical (unpaired) electrons. The molecule has 1 heterocycles. The van der Waals surface area contributed by atoms with Crippen molar-refractivity contribution < 1.29 is 51.0 Å². The van der Waals surface area contributed by atoms with E-state index in [4.69, 9.17) is 16.3 Å². The maximum absolute atomic E-state index is 13.8. The summed E-state index contributed by atoms with van der Waals surface area (Å²) in [6.07, 6.45) is -3.31. The van der Waals surface area contributed by atoms with E-state index in [1.165, 1.54) is 24.3 Å². The van der Waals surface area contributed by atoms with Crippen molar-refractivity contribution in [2.24, 2.45) is 0 Å². The number of carbonyl (C=O) groups excluding carboxylic acids is 3. The largest absolute Gasteiger partial charge is 0.480 e. The van der Waals surface area contributed by atoms with Crippen molar-refractivity contribution in [3.05, 3.63) is 100 Å². The number of nitrogens with zero attached hydrogens (tertiary/aromatic N) is 3. The zero-order valence-electron chi connectivity index (χ0n) is 27.1. The first-order valence-corrected chi connectivity index (χ1v) is 15.9. The number of alkyl halides is 3. The third-order valence-electron chi connectivity index (χ3n) is 7.61. The van der Waals surface area contributed by atoms with E-state index in [0.717, 1.165) is 17.7 Å². The second-order valence-corrected chi connectivity index (χ2v) is 12.0. The summed E-state index contributed by atoms with van der Waals surface area (Å²) in [6.45, 7) is -2.81. The van der Waals surface area contributed by atoms with E-state index in [0.29, 0.717) is 23.9 Å². The third-order valence-corrected chi connectivity index (χ3v) is 7.86. The van der Waals surface area contributed by atoms with E-state index < -0.39 is 78.8 Å². The highest BCUT2D eigenvalue weighted by atomic mass is 35.5. The van der Waals surface area contributed by atoms with Crippen LogP contribution in [0.3, 0.4) is 0 Å². The number of anilines is 3. The van der Waals surface area contributed by atoms with Crippen LogP contribution in [0.15, 0.2) is 66.7 Å². The Hall–Kier alpha value is -6.11. The summed E-state index contributed by atoms with van der Waals surface area (Å²) in [5.74, 6) is -6.98. The lowest BCUT2D eigenvalue weighted by Crippen LogP contribution is -2.50. The molecule has 278 valence electrons. The van der Waals surface area contributed by atoms with E-state index in [9.17, 15) is 46.2 Å². The second-order valence-electron chi connectivity index (χ2n) is 11.6. The standard InChI is InChI=1S/C33H28ClF5N8O6/c34-20-6-4-19(5-7-20)32(11-12-32)47-30-44-29(45-31(46-30)53-16-33(37,38)39)42-22-9-2-17(3-10-22)25(48)43-24(28(51)52)15-41-27(50)26(49)40-14-18-1-8-21(35)13-23(18)36/h1-10,13,24H,11-12,14-16H2,(H,40,49)(H,41,50)(H,43,48)(H,51,52)(H2,42,44,45,46,47)/t24-/m0/s1. The number of hydrogen-bond acceptors (Lipinski definition) is 10. The summed E-state index contributed by atoms with van der Waals surface area (Å²) in [5, 5.41) is 22.4. The number of carboxylic acids is 1. The van der Waals surface area contributed by atoms with E-state index >= 15 is 0 Å². The lowest BCUT2D eigenvalue weighted by atomic mass is 10.1. The SMILES string of the molecule is O=C(NCc1ccc(F)cc1F)C(=O)NC[C@H](NC(=O)c1ccc(Nc2nc(NC3(c4ccc(Cl)cc4)CC3)nc(OCC(F)(F)F)n2)cc1)C(=O)O. The van der Waals surface area contributed by atoms with Crippen LogP contribution in [0.2, 0.25) is 5.02 Å². The molecule has 6 N–H and O–H groups in total. The fourth-order valence-electron chi connectivity index (χ4n) is 4.74. The van der Waals surface area contributed by atoms with Gasteiger partial charge in [0.05, 0.1) is 5.54 Å². The number of aromatic nitrogens is 3. The predicted molar refractivity (Wildman–Crippen MR) is 177 cm³/mol. The first kappa shape index (κ1) is 38.1. The average Bonchev–Trinajstić information content (AvgIpc) is 3.88. The molecule has 14 nitrogen and oxygen atoms in total. The van der Waals surface area contributed by atoms with Gasteiger partial charge < -0.3 is 36.4 Å². The Balaban J connectivity index is 1.20. The topological polar surface area (TPSA) is 197 Å². The Morgan fingerprint density at radius 2 is 1.55 bits per heavy atom. The van der Waals surface area contributed by atoms with E-state index in [-0.39, 0.29) is 28.7 Å². The van der Waals surface area contributed by atoms with E-state index in [1.807, 2.05) is 0 Å². The highest BCUT2D eigenvalue weighted by Crippen LogP contribution is 2.48. The average molecular weight is 763 g/mol. The van der Waals surface area contributed by atoms with Crippen molar-refractivity contribution in [3.8, 4) is 6.01 Å². The molecule has 0 saturated heterocycles. The lowest BCUT2D eigenvalue weighted by Gasteiger charge is -2.19. The number of aliphatic carboxylic acids is 1. The van der Waals surface area contributed by atoms with Gasteiger partial charge in [-0.2, -0.15) is 28.1 Å². The minimum atomic E-state index is -4.67. The van der Waals surface area contributed by atoms with Crippen LogP contribution < -0.4 is 31.3 Å². The highest BCUT2D eigenvalue weighted by Gasteiger charge is 2.45. The van der Waals surface area contributed by atoms with Crippen molar-refractivity contribution in [2.75, 3.05) is 23.8 Å². The van der Waals surface area contributed by atoms with Crippen molar-refractivity contribution in [3.63, 3.8) is 0 Å². The number of carbonyl (C=O) groups is 4. The van der Waals surface area contributed by atoms with Gasteiger partial charge in [-0.25, -0.2) is 13.6 Å². The number of carboxylic acid groups (broad SMARTS) is 1. The summed E-state index contributed by atoms with van der Waals surface area (Å²) in [5.41, 5.74) is 0.411. The van der Waals surface area contributed by atoms with Gasteiger partial charge in [0.2, 0.25) is 11.9 Å². The zero-order chi connectivity index (χ0) is 38.3. The van der Waals surface area contributed by atoms with Gasteiger partial charge >= 0.3 is 30.0 Å². The molecule has 0 aliphatic heterocycles. The molecule has 0 unspecified atom stereocenters. The molecule has 5 rings (SSSR count). The molecule has 1 aliphatic carbocycles. The molecule has 4 aromatic rings. The predicted octanol–water partition coefficient (Wildman–Crippen LogP) is 4.20. The molecule has 53 heavy (non-hydrogen) atoms. The fraction of sp³-hybridized carbons (Fsp3) is 0.242. The second kappa shape index (κ2) is 16.1. The summed E-state index contributed by atoms with van der Waals surface area (Å²) in [4.78, 5) is 61.0. The van der Waals surface area contributed by atoms with E-state index in [2.05, 4.69) is 41.5 Å². The normalized spacial score (nSPS) is 13.6. The quantitative estimate of drug-likeness (QED) is 0.0796. The van der Waals surface area contributed by atoms with Gasteiger partial charge in [0.15, 0.2) is 6.61 Å². The third kappa shape index (κ3) is 10.7. The number of ether oxygens (including phenoxy) is 1. The van der Waals surface area contributed by atoms with Gasteiger partial charge in [0.1, 0.15) is 17.7 Å². The molecule has 1 aromatic heterocycles. The van der Waals surface area contributed by atoms with Crippen molar-refractivity contribution in [1.82, 2.24) is 30.9 Å². The first-order valence-electron chi connectivity index (χ1n) is 15.5. The van der Waals surface area contributed by atoms with Crippen molar-refractivity contribution in [2.45, 2.75) is 37.1 Å². The van der Waals surface area contributed by atoms with Gasteiger partial charge in [0, 0.05) is 41.0 Å². The van der Waals surface area contributed by atoms with Crippen LogP contribution in [-0.2, 0) is 26.5 Å². The Morgan fingerprint density at radius 1 is 0.887 bits per heavy atom. The molecule has 20 heteroatoms. The maximum atomic E-state index is 13.8. The smallest absolute Gasteiger partial charge is 0.422 e. The molecule has 0 spiro atoms. The Labute approximate surface area is 301 Å². The Morgan fingerprint density at radius 3 is 2.17 bits per heavy atom. The van der Waals surface area contributed by atoms with Crippen LogP contribution in [0.4, 0.5) is 39.5 Å². The number of nitrogens with one attached hydrogen (secondary N) is 5. The minimum absolute atomic E-state index is 0.0296. The first-order chi connectivity index (χ1) is 25.1. The molecule has 1 fully saturated rings. The molecule has 3 aromatic carbocycles. The zero-order valence-corrected chi connectivity index (χ0v) is 27.8. The summed E-state index contributed by atoms with van der Waals surface area (Å²) in [7, 11) is 0. The molecule has 1 aliphatic rings. The molecular weight excluding hydrogens is 735 g/mol. The molecular formula is C33H28ClF5N8O6. The highest BCUT2D eigenvalue weighted by molar-refractivity contribution is 6.35. The molecule has 0 bridgehead atoms. The number of rotatable bonds is 14. The lowest BCUT2D eigenvalue weighted by molar-refractivity contribution is -0.154.